The van der Waals surface area contributed by atoms with Gasteiger partial charge in [0, 0.05) is 22.4 Å². The summed E-state index contributed by atoms with van der Waals surface area (Å²) in [6.45, 7) is 14.4. The van der Waals surface area contributed by atoms with E-state index in [1.807, 2.05) is 72.2 Å². The molecule has 1 heterocycles. The highest BCUT2D eigenvalue weighted by Gasteiger charge is 2.26. The maximum Gasteiger partial charge on any atom is 0.250 e. The van der Waals surface area contributed by atoms with E-state index < -0.39 is 0 Å². The van der Waals surface area contributed by atoms with E-state index in [1.165, 1.54) is 11.8 Å². The first-order chi connectivity index (χ1) is 19.8. The van der Waals surface area contributed by atoms with Crippen molar-refractivity contribution in [2.24, 2.45) is 5.10 Å². The molecule has 220 valence electrons. The van der Waals surface area contributed by atoms with Crippen LogP contribution in [0.2, 0.25) is 0 Å². The van der Waals surface area contributed by atoms with Gasteiger partial charge in [0.2, 0.25) is 0 Å². The number of aromatic nitrogens is 3. The van der Waals surface area contributed by atoms with E-state index in [0.717, 1.165) is 39.3 Å². The van der Waals surface area contributed by atoms with E-state index in [2.05, 4.69) is 62.3 Å². The molecule has 0 saturated carbocycles. The lowest BCUT2D eigenvalue weighted by Gasteiger charge is -2.27. The number of aryl methyl sites for hydroxylation is 1. The van der Waals surface area contributed by atoms with E-state index >= 15 is 0 Å². The average molecular weight is 586 g/mol. The molecule has 0 radical (unpaired) electrons. The van der Waals surface area contributed by atoms with Gasteiger partial charge >= 0.3 is 0 Å². The van der Waals surface area contributed by atoms with Crippen LogP contribution >= 0.6 is 11.8 Å². The predicted octanol–water partition coefficient (Wildman–Crippen LogP) is 6.79. The van der Waals surface area contributed by atoms with Crippen molar-refractivity contribution in [2.45, 2.75) is 64.5 Å². The molecule has 0 fully saturated rings. The van der Waals surface area contributed by atoms with Crippen LogP contribution in [0.1, 0.15) is 63.8 Å². The quantitative estimate of drug-likeness (QED) is 0.134. The number of carbonyl (C=O) groups excluding carboxylic acids is 1. The highest BCUT2D eigenvalue weighted by atomic mass is 32.2. The Morgan fingerprint density at radius 2 is 1.57 bits per heavy atom. The molecule has 0 aliphatic carbocycles. The van der Waals surface area contributed by atoms with Crippen molar-refractivity contribution in [3.8, 4) is 28.6 Å². The van der Waals surface area contributed by atoms with Gasteiger partial charge in [0.25, 0.3) is 5.91 Å². The molecule has 42 heavy (non-hydrogen) atoms. The van der Waals surface area contributed by atoms with Crippen molar-refractivity contribution in [3.05, 3.63) is 82.9 Å². The maximum absolute atomic E-state index is 12.8. The molecule has 0 aliphatic rings. The fourth-order valence-corrected chi connectivity index (χ4v) is 5.18. The van der Waals surface area contributed by atoms with E-state index in [-0.39, 0.29) is 22.5 Å². The van der Waals surface area contributed by atoms with Crippen LogP contribution in [0.4, 0.5) is 0 Å². The largest absolute Gasteiger partial charge is 0.507 e. The SMILES string of the molecule is COc1ccc(-c2nnc(SCC(=O)N/N=C\c3cc(C(C)(C)C)c(O)c(C(C)(C)C)c3)n2-c2ccc(C)cc2)cc1. The Morgan fingerprint density at radius 3 is 2.12 bits per heavy atom. The minimum Gasteiger partial charge on any atom is -0.507 e. The molecule has 0 saturated heterocycles. The first kappa shape index (κ1) is 30.8. The lowest BCUT2D eigenvalue weighted by molar-refractivity contribution is -0.118. The van der Waals surface area contributed by atoms with Crippen molar-refractivity contribution in [3.63, 3.8) is 0 Å². The molecule has 0 aliphatic heterocycles. The number of nitrogens with one attached hydrogen (secondary N) is 1. The van der Waals surface area contributed by atoms with Crippen LogP contribution < -0.4 is 10.2 Å². The number of thioether (sulfide) groups is 1. The normalized spacial score (nSPS) is 12.1. The van der Waals surface area contributed by atoms with Gasteiger partial charge in [-0.15, -0.1) is 10.2 Å². The number of ether oxygens (including phenoxy) is 1. The van der Waals surface area contributed by atoms with Crippen LogP contribution in [0.5, 0.6) is 11.5 Å². The zero-order valence-corrected chi connectivity index (χ0v) is 26.3. The van der Waals surface area contributed by atoms with Crippen molar-refractivity contribution < 1.29 is 14.6 Å². The molecule has 0 spiro atoms. The summed E-state index contributed by atoms with van der Waals surface area (Å²) in [5, 5.41) is 24.6. The van der Waals surface area contributed by atoms with Gasteiger partial charge in [0.15, 0.2) is 11.0 Å². The number of rotatable bonds is 8. The zero-order valence-electron chi connectivity index (χ0n) is 25.5. The van der Waals surface area contributed by atoms with Crippen molar-refractivity contribution >= 4 is 23.9 Å². The van der Waals surface area contributed by atoms with Crippen LogP contribution in [0.25, 0.3) is 17.1 Å². The first-order valence-corrected chi connectivity index (χ1v) is 14.8. The monoisotopic (exact) mass is 585 g/mol. The molecule has 2 N–H and O–H groups in total. The number of nitrogens with zero attached hydrogens (tertiary/aromatic N) is 4. The Labute approximate surface area is 252 Å². The average Bonchev–Trinajstić information content (AvgIpc) is 3.35. The molecule has 0 bridgehead atoms. The molecule has 3 aromatic carbocycles. The van der Waals surface area contributed by atoms with Crippen LogP contribution in [-0.4, -0.2) is 44.9 Å². The summed E-state index contributed by atoms with van der Waals surface area (Å²) in [7, 11) is 1.63. The Bertz CT molecular complexity index is 1540. The second-order valence-corrected chi connectivity index (χ2v) is 13.2. The zero-order chi connectivity index (χ0) is 30.7. The Morgan fingerprint density at radius 1 is 0.976 bits per heavy atom. The molecule has 4 rings (SSSR count). The Kier molecular flexibility index (Phi) is 9.11. The van der Waals surface area contributed by atoms with Gasteiger partial charge in [0.05, 0.1) is 19.1 Å². The maximum atomic E-state index is 12.8. The minimum absolute atomic E-state index is 0.0972. The number of hydrogen-bond acceptors (Lipinski definition) is 7. The van der Waals surface area contributed by atoms with Gasteiger partial charge in [0.1, 0.15) is 11.5 Å². The fraction of sp³-hybridized carbons (Fsp3) is 0.333. The molecule has 1 amide bonds. The third-order valence-corrected chi connectivity index (χ3v) is 7.69. The number of aromatic hydroxyl groups is 1. The van der Waals surface area contributed by atoms with E-state index in [9.17, 15) is 9.90 Å². The second-order valence-electron chi connectivity index (χ2n) is 12.3. The lowest BCUT2D eigenvalue weighted by atomic mass is 9.78. The van der Waals surface area contributed by atoms with Gasteiger partial charge in [-0.25, -0.2) is 5.43 Å². The lowest BCUT2D eigenvalue weighted by Crippen LogP contribution is -2.20. The number of carbonyl (C=O) groups is 1. The number of phenols is 1. The number of hydrogen-bond donors (Lipinski definition) is 2. The van der Waals surface area contributed by atoms with Gasteiger partial charge in [-0.05, 0) is 71.8 Å². The standard InChI is InChI=1S/C33H39N5O3S/c1-21-9-13-24(14-10-21)38-30(23-11-15-25(41-8)16-12-23)36-37-31(38)42-20-28(39)35-34-19-22-17-26(32(2,3)4)29(40)27(18-22)33(5,6)7/h9-19,40H,20H2,1-8H3,(H,35,39)/b34-19-. The Balaban J connectivity index is 1.53. The van der Waals surface area contributed by atoms with Crippen LogP contribution in [0.15, 0.2) is 70.9 Å². The molecular weight excluding hydrogens is 546 g/mol. The molecule has 0 atom stereocenters. The van der Waals surface area contributed by atoms with Crippen LogP contribution in [-0.2, 0) is 15.6 Å². The number of hydrazone groups is 1. The summed E-state index contributed by atoms with van der Waals surface area (Å²) in [5.74, 6) is 1.55. The second kappa shape index (κ2) is 12.4. The predicted molar refractivity (Wildman–Crippen MR) is 170 cm³/mol. The molecule has 4 aromatic rings. The summed E-state index contributed by atoms with van der Waals surface area (Å²) in [6, 6.07) is 19.5. The number of benzene rings is 3. The third-order valence-electron chi connectivity index (χ3n) is 6.76. The Hall–Kier alpha value is -4.11. The van der Waals surface area contributed by atoms with Gasteiger partial charge in [-0.3, -0.25) is 9.36 Å². The van der Waals surface area contributed by atoms with Gasteiger partial charge in [-0.1, -0.05) is 71.0 Å². The van der Waals surface area contributed by atoms with Crippen LogP contribution in [0.3, 0.4) is 0 Å². The molecule has 0 unspecified atom stereocenters. The van der Waals surface area contributed by atoms with E-state index in [4.69, 9.17) is 4.74 Å². The molecular formula is C33H39N5O3S. The van der Waals surface area contributed by atoms with Crippen molar-refractivity contribution in [1.82, 2.24) is 20.2 Å². The summed E-state index contributed by atoms with van der Waals surface area (Å²) in [5.41, 5.74) is 7.50. The van der Waals surface area contributed by atoms with E-state index in [1.54, 1.807) is 13.3 Å². The number of amides is 1. The van der Waals surface area contributed by atoms with Crippen molar-refractivity contribution in [2.75, 3.05) is 12.9 Å². The van der Waals surface area contributed by atoms with Gasteiger partial charge in [-0.2, -0.15) is 5.10 Å². The first-order valence-electron chi connectivity index (χ1n) is 13.8. The highest BCUT2D eigenvalue weighted by Crippen LogP contribution is 2.39. The minimum atomic E-state index is -0.272. The topological polar surface area (TPSA) is 102 Å². The number of methoxy groups -OCH3 is 1. The van der Waals surface area contributed by atoms with Crippen LogP contribution in [0, 0.1) is 6.92 Å². The highest BCUT2D eigenvalue weighted by molar-refractivity contribution is 7.99. The summed E-state index contributed by atoms with van der Waals surface area (Å²) in [6.07, 6.45) is 1.61. The van der Waals surface area contributed by atoms with Gasteiger partial charge < -0.3 is 9.84 Å². The third kappa shape index (κ3) is 7.20. The summed E-state index contributed by atoms with van der Waals surface area (Å²) < 4.78 is 7.24. The fourth-order valence-electron chi connectivity index (χ4n) is 4.43. The van der Waals surface area contributed by atoms with E-state index in [0.29, 0.717) is 16.7 Å². The molecule has 9 heteroatoms. The van der Waals surface area contributed by atoms with Crippen molar-refractivity contribution in [1.29, 1.82) is 0 Å². The summed E-state index contributed by atoms with van der Waals surface area (Å²) in [4.78, 5) is 12.8. The smallest absolute Gasteiger partial charge is 0.250 e. The number of phenolic OH excluding ortho intramolecular Hbond substituents is 1. The molecule has 1 aromatic heterocycles. The summed E-state index contributed by atoms with van der Waals surface area (Å²) >= 11 is 1.28. The molecule has 8 nitrogen and oxygen atoms in total.